The number of unbranched alkanes of at least 4 members (excludes halogenated alkanes) is 13. The van der Waals surface area contributed by atoms with Gasteiger partial charge in [-0.05, 0) is 18.6 Å². The van der Waals surface area contributed by atoms with E-state index in [1.165, 1.54) is 77.0 Å². The highest BCUT2D eigenvalue weighted by molar-refractivity contribution is 7.46. The predicted octanol–water partition coefficient (Wildman–Crippen LogP) is 7.23. The number of carbonyl (C=O) groups is 1. The molecule has 0 bridgehead atoms. The minimum Gasteiger partial charge on any atom is -0.450 e. The van der Waals surface area contributed by atoms with Crippen LogP contribution in [0.1, 0.15) is 96.8 Å². The number of nitrogens with zero attached hydrogens (tertiary/aromatic N) is 1. The van der Waals surface area contributed by atoms with E-state index in [-0.39, 0.29) is 11.4 Å². The summed E-state index contributed by atoms with van der Waals surface area (Å²) in [4.78, 5) is 36.5. The average Bonchev–Trinajstić information content (AvgIpc) is 2.76. The van der Waals surface area contributed by atoms with E-state index in [1.54, 1.807) is 0 Å². The number of phosphoric acid groups is 1. The molecule has 0 aromatic heterocycles. The fourth-order valence-corrected chi connectivity index (χ4v) is 3.62. The van der Waals surface area contributed by atoms with Gasteiger partial charge in [-0.15, -0.1) is 0 Å². The van der Waals surface area contributed by atoms with Crippen molar-refractivity contribution in [3.63, 3.8) is 0 Å². The van der Waals surface area contributed by atoms with Crippen LogP contribution in [-0.2, 0) is 9.30 Å². The minimum absolute atomic E-state index is 0.121. The SMILES string of the molecule is CCCCCCCCCCCCCCCCOC(=O)O.O=[N+]([O-])c1ccc(OP(=O)(O)O)cc1. The molecule has 0 unspecified atom stereocenters. The zero-order chi connectivity index (χ0) is 25.7. The van der Waals surface area contributed by atoms with Gasteiger partial charge in [0.25, 0.3) is 5.69 Å². The molecule has 0 amide bonds. The number of phosphoric ester groups is 1. The molecule has 1 aromatic rings. The number of rotatable bonds is 18. The second-order valence-electron chi connectivity index (χ2n) is 8.04. The molecule has 0 saturated carbocycles. The van der Waals surface area contributed by atoms with E-state index >= 15 is 0 Å². The maximum atomic E-state index is 10.4. The number of hydrogen-bond acceptors (Lipinski definition) is 6. The van der Waals surface area contributed by atoms with Crippen LogP contribution in [0.15, 0.2) is 24.3 Å². The molecule has 0 aliphatic carbocycles. The van der Waals surface area contributed by atoms with Gasteiger partial charge in [0.2, 0.25) is 0 Å². The lowest BCUT2D eigenvalue weighted by Gasteiger charge is -2.05. The maximum Gasteiger partial charge on any atom is 0.524 e. The van der Waals surface area contributed by atoms with Gasteiger partial charge in [-0.3, -0.25) is 19.9 Å². The molecule has 3 N–H and O–H groups in total. The number of carboxylic acid groups (broad SMARTS) is 1. The highest BCUT2D eigenvalue weighted by Gasteiger charge is 2.16. The lowest BCUT2D eigenvalue weighted by atomic mass is 10.0. The zero-order valence-electron chi connectivity index (χ0n) is 20.1. The average molecular weight is 506 g/mol. The van der Waals surface area contributed by atoms with Gasteiger partial charge in [-0.1, -0.05) is 90.4 Å². The molecule has 10 nitrogen and oxygen atoms in total. The molecule has 34 heavy (non-hydrogen) atoms. The fraction of sp³-hybridized carbons (Fsp3) is 0.696. The van der Waals surface area contributed by atoms with Crippen molar-refractivity contribution in [3.05, 3.63) is 34.4 Å². The number of hydrogen-bond donors (Lipinski definition) is 3. The van der Waals surface area contributed by atoms with Crippen LogP contribution in [0.4, 0.5) is 10.5 Å². The lowest BCUT2D eigenvalue weighted by molar-refractivity contribution is -0.384. The van der Waals surface area contributed by atoms with Crippen molar-refractivity contribution in [3.8, 4) is 5.75 Å². The number of nitro benzene ring substituents is 1. The third-order valence-electron chi connectivity index (χ3n) is 5.00. The summed E-state index contributed by atoms with van der Waals surface area (Å²) in [6.45, 7) is 2.62. The third-order valence-corrected chi connectivity index (χ3v) is 5.44. The summed E-state index contributed by atoms with van der Waals surface area (Å²) < 4.78 is 19.0. The molecule has 11 heteroatoms. The van der Waals surface area contributed by atoms with Crippen molar-refractivity contribution in [1.82, 2.24) is 0 Å². The van der Waals surface area contributed by atoms with E-state index in [2.05, 4.69) is 16.2 Å². The normalized spacial score (nSPS) is 10.8. The van der Waals surface area contributed by atoms with Crippen molar-refractivity contribution in [2.24, 2.45) is 0 Å². The van der Waals surface area contributed by atoms with Gasteiger partial charge in [0.15, 0.2) is 0 Å². The second kappa shape index (κ2) is 20.2. The maximum absolute atomic E-state index is 10.4. The smallest absolute Gasteiger partial charge is 0.450 e. The van der Waals surface area contributed by atoms with Crippen LogP contribution in [0.5, 0.6) is 5.75 Å². The Balaban J connectivity index is 0.000000679. The quantitative estimate of drug-likeness (QED) is 0.0615. The highest BCUT2D eigenvalue weighted by atomic mass is 31.2. The fourth-order valence-electron chi connectivity index (χ4n) is 3.22. The summed E-state index contributed by atoms with van der Waals surface area (Å²) >= 11 is 0. The summed E-state index contributed by atoms with van der Waals surface area (Å²) in [5, 5.41) is 18.5. The number of ether oxygens (including phenoxy) is 1. The van der Waals surface area contributed by atoms with Crippen molar-refractivity contribution in [2.75, 3.05) is 6.61 Å². The van der Waals surface area contributed by atoms with E-state index in [9.17, 15) is 19.5 Å². The van der Waals surface area contributed by atoms with E-state index in [4.69, 9.17) is 14.9 Å². The first-order valence-electron chi connectivity index (χ1n) is 12.0. The molecular weight excluding hydrogens is 465 g/mol. The van der Waals surface area contributed by atoms with E-state index in [0.29, 0.717) is 6.61 Å². The molecule has 0 spiro atoms. The zero-order valence-corrected chi connectivity index (χ0v) is 21.0. The van der Waals surface area contributed by atoms with Crippen LogP contribution in [0.25, 0.3) is 0 Å². The summed E-state index contributed by atoms with van der Waals surface area (Å²) in [5.41, 5.74) is -0.178. The van der Waals surface area contributed by atoms with Gasteiger partial charge in [-0.2, -0.15) is 0 Å². The standard InChI is InChI=1S/C17H34O3.C6H6NO6P/c1-2-3-4-5-6-7-8-9-10-11-12-13-14-15-16-20-17(18)19;8-7(9)5-1-3-6(4-2-5)13-14(10,11)12/h2-16H2,1H3,(H,18,19);1-4H,(H2,10,11,12). The molecule has 0 radical (unpaired) electrons. The first-order chi connectivity index (χ1) is 16.2. The Morgan fingerprint density at radius 1 is 0.853 bits per heavy atom. The Kier molecular flexibility index (Phi) is 18.9. The number of nitro groups is 1. The third kappa shape index (κ3) is 21.7. The van der Waals surface area contributed by atoms with Gasteiger partial charge in [0, 0.05) is 12.1 Å². The summed E-state index contributed by atoms with van der Waals surface area (Å²) in [7, 11) is -4.60. The van der Waals surface area contributed by atoms with Gasteiger partial charge in [-0.25, -0.2) is 9.36 Å². The van der Waals surface area contributed by atoms with Crippen molar-refractivity contribution in [1.29, 1.82) is 0 Å². The van der Waals surface area contributed by atoms with Crippen LogP contribution >= 0.6 is 7.82 Å². The Morgan fingerprint density at radius 2 is 1.26 bits per heavy atom. The van der Waals surface area contributed by atoms with Gasteiger partial charge in [0.1, 0.15) is 5.75 Å². The first-order valence-corrected chi connectivity index (χ1v) is 13.5. The molecule has 196 valence electrons. The molecule has 0 fully saturated rings. The molecule has 0 atom stereocenters. The van der Waals surface area contributed by atoms with Crippen LogP contribution in [0.3, 0.4) is 0 Å². The summed E-state index contributed by atoms with van der Waals surface area (Å²) in [5.74, 6) is -0.121. The monoisotopic (exact) mass is 505 g/mol. The summed E-state index contributed by atoms with van der Waals surface area (Å²) in [6.07, 6.45) is 17.2. The Morgan fingerprint density at radius 3 is 1.62 bits per heavy atom. The molecule has 0 saturated heterocycles. The highest BCUT2D eigenvalue weighted by Crippen LogP contribution is 2.37. The van der Waals surface area contributed by atoms with E-state index in [1.807, 2.05) is 0 Å². The van der Waals surface area contributed by atoms with Gasteiger partial charge in [0.05, 0.1) is 11.5 Å². The number of benzene rings is 1. The van der Waals surface area contributed by atoms with Crippen LogP contribution in [0.2, 0.25) is 0 Å². The minimum atomic E-state index is -4.60. The van der Waals surface area contributed by atoms with Crippen LogP contribution in [0, 0.1) is 10.1 Å². The predicted molar refractivity (Wildman–Crippen MR) is 130 cm³/mol. The molecule has 0 heterocycles. The van der Waals surface area contributed by atoms with Crippen molar-refractivity contribution < 1.29 is 38.4 Å². The van der Waals surface area contributed by atoms with Gasteiger partial charge >= 0.3 is 14.0 Å². The molecule has 1 aromatic carbocycles. The van der Waals surface area contributed by atoms with Crippen LogP contribution in [-0.4, -0.2) is 32.6 Å². The Hall–Kier alpha value is -2.16. The molecule has 0 aliphatic heterocycles. The lowest BCUT2D eigenvalue weighted by Crippen LogP contribution is -2.01. The number of non-ortho nitro benzene ring substituents is 1. The molecular formula is C23H40NO9P. The van der Waals surface area contributed by atoms with E-state index < -0.39 is 18.9 Å². The largest absolute Gasteiger partial charge is 0.524 e. The Labute approximate surface area is 202 Å². The van der Waals surface area contributed by atoms with Crippen LogP contribution < -0.4 is 4.52 Å². The first kappa shape index (κ1) is 31.8. The topological polar surface area (TPSA) is 156 Å². The van der Waals surface area contributed by atoms with Gasteiger partial charge < -0.3 is 14.4 Å². The molecule has 1 rings (SSSR count). The molecule has 0 aliphatic rings. The van der Waals surface area contributed by atoms with Crippen molar-refractivity contribution in [2.45, 2.75) is 96.8 Å². The van der Waals surface area contributed by atoms with Crippen molar-refractivity contribution >= 4 is 19.7 Å². The summed E-state index contributed by atoms with van der Waals surface area (Å²) in [6, 6.07) is 4.39. The Bertz CT molecular complexity index is 707. The van der Waals surface area contributed by atoms with E-state index in [0.717, 1.165) is 37.1 Å². The second-order valence-corrected chi connectivity index (χ2v) is 9.21.